The molecule has 0 unspecified atom stereocenters. The molecule has 8 nitrogen and oxygen atoms in total. The number of aliphatic carboxylic acids is 1. The van der Waals surface area contributed by atoms with Crippen LogP contribution in [0.2, 0.25) is 0 Å². The third kappa shape index (κ3) is 6.93. The summed E-state index contributed by atoms with van der Waals surface area (Å²) in [6.07, 6.45) is 2.28. The summed E-state index contributed by atoms with van der Waals surface area (Å²) in [7, 11) is -3.56. The van der Waals surface area contributed by atoms with Gasteiger partial charge < -0.3 is 20.3 Å². The van der Waals surface area contributed by atoms with E-state index in [1.54, 1.807) is 12.1 Å². The summed E-state index contributed by atoms with van der Waals surface area (Å²) >= 11 is 0. The molecule has 4 N–H and O–H groups in total. The van der Waals surface area contributed by atoms with Gasteiger partial charge in [0, 0.05) is 0 Å². The van der Waals surface area contributed by atoms with Crippen LogP contribution in [0.1, 0.15) is 18.4 Å². The molecule has 0 bridgehead atoms. The van der Waals surface area contributed by atoms with Crippen molar-refractivity contribution in [1.29, 1.82) is 0 Å². The molecular formula is C13H18N2O6S. The third-order valence-corrected chi connectivity index (χ3v) is 3.24. The Labute approximate surface area is 128 Å². The normalized spacial score (nSPS) is 12.4. The van der Waals surface area contributed by atoms with E-state index in [0.717, 1.165) is 11.8 Å². The van der Waals surface area contributed by atoms with E-state index in [0.29, 0.717) is 12.8 Å². The molecule has 122 valence electrons. The van der Waals surface area contributed by atoms with Crippen molar-refractivity contribution in [3.8, 4) is 5.75 Å². The first-order valence-electron chi connectivity index (χ1n) is 6.44. The van der Waals surface area contributed by atoms with E-state index in [4.69, 9.17) is 15.0 Å². The molecule has 0 heterocycles. The molecule has 0 fully saturated rings. The molecule has 0 saturated heterocycles. The zero-order valence-electron chi connectivity index (χ0n) is 12.0. The number of nitrogens with two attached hydrogens (primary N) is 1. The number of aryl methyl sites for hydroxylation is 1. The molecule has 0 aliphatic rings. The highest BCUT2D eigenvalue weighted by Crippen LogP contribution is 2.15. The first-order chi connectivity index (χ1) is 10.2. The van der Waals surface area contributed by atoms with Gasteiger partial charge in [0.15, 0.2) is 0 Å². The third-order valence-electron chi connectivity index (χ3n) is 2.74. The van der Waals surface area contributed by atoms with Gasteiger partial charge >= 0.3 is 22.1 Å². The quantitative estimate of drug-likeness (QED) is 0.593. The minimum Gasteiger partial charge on any atom is -0.480 e. The largest absolute Gasteiger partial charge is 0.480 e. The van der Waals surface area contributed by atoms with E-state index in [2.05, 4.69) is 5.32 Å². The standard InChI is InChI=1S/C13H18N2O6S/c1-22(19,20)21-10-7-5-9(6-8-10)3-2-4-11(12(16)17)15-13(14)18/h5-8,11H,2-4H2,1H3,(H,16,17)(H3,14,15,18)/t11-/m1/s1. The van der Waals surface area contributed by atoms with Gasteiger partial charge in [-0.3, -0.25) is 0 Å². The molecule has 0 aromatic heterocycles. The molecule has 0 aliphatic heterocycles. The predicted octanol–water partition coefficient (Wildman–Crippen LogP) is 0.469. The number of carbonyl (C=O) groups is 2. The zero-order valence-corrected chi connectivity index (χ0v) is 12.8. The molecule has 0 radical (unpaired) electrons. The van der Waals surface area contributed by atoms with Crippen LogP contribution in [0.4, 0.5) is 4.79 Å². The number of amides is 2. The van der Waals surface area contributed by atoms with E-state index in [-0.39, 0.29) is 12.2 Å². The summed E-state index contributed by atoms with van der Waals surface area (Å²) in [5.74, 6) is -0.930. The van der Waals surface area contributed by atoms with Crippen LogP contribution in [0.15, 0.2) is 24.3 Å². The van der Waals surface area contributed by atoms with Crippen molar-refractivity contribution < 1.29 is 27.3 Å². The lowest BCUT2D eigenvalue weighted by molar-refractivity contribution is -0.139. The molecule has 1 atom stereocenters. The van der Waals surface area contributed by atoms with Crippen LogP contribution in [0.3, 0.4) is 0 Å². The van der Waals surface area contributed by atoms with Gasteiger partial charge in [0.1, 0.15) is 11.8 Å². The average molecular weight is 330 g/mol. The van der Waals surface area contributed by atoms with Gasteiger partial charge in [0.25, 0.3) is 0 Å². The number of benzene rings is 1. The highest BCUT2D eigenvalue weighted by Gasteiger charge is 2.17. The fraction of sp³-hybridized carbons (Fsp3) is 0.385. The Kier molecular flexibility index (Phi) is 6.17. The highest BCUT2D eigenvalue weighted by molar-refractivity contribution is 7.86. The Morgan fingerprint density at radius 2 is 1.91 bits per heavy atom. The fourth-order valence-electron chi connectivity index (χ4n) is 1.83. The number of hydrogen-bond acceptors (Lipinski definition) is 5. The maximum absolute atomic E-state index is 11.0. The number of carbonyl (C=O) groups excluding carboxylic acids is 1. The number of hydrogen-bond donors (Lipinski definition) is 3. The van der Waals surface area contributed by atoms with Gasteiger partial charge in [-0.25, -0.2) is 9.59 Å². The molecule has 1 aromatic rings. The summed E-state index contributed by atoms with van der Waals surface area (Å²) in [6, 6.07) is 4.52. The first kappa shape index (κ1) is 17.8. The molecule has 1 rings (SSSR count). The maximum Gasteiger partial charge on any atom is 0.326 e. The van der Waals surface area contributed by atoms with Crippen LogP contribution in [0.5, 0.6) is 5.75 Å². The summed E-state index contributed by atoms with van der Waals surface area (Å²) in [4.78, 5) is 21.6. The Morgan fingerprint density at radius 3 is 2.36 bits per heavy atom. The number of carboxylic acid groups (broad SMARTS) is 1. The number of rotatable bonds is 8. The monoisotopic (exact) mass is 330 g/mol. The van der Waals surface area contributed by atoms with Crippen molar-refractivity contribution in [1.82, 2.24) is 5.32 Å². The Balaban J connectivity index is 2.51. The summed E-state index contributed by atoms with van der Waals surface area (Å²) in [5, 5.41) is 11.1. The van der Waals surface area contributed by atoms with Crippen molar-refractivity contribution in [2.24, 2.45) is 5.73 Å². The number of carboxylic acids is 1. The Hall–Kier alpha value is -2.29. The van der Waals surface area contributed by atoms with E-state index in [1.807, 2.05) is 0 Å². The lowest BCUT2D eigenvalue weighted by Crippen LogP contribution is -2.43. The van der Waals surface area contributed by atoms with Crippen molar-refractivity contribution in [3.63, 3.8) is 0 Å². The zero-order chi connectivity index (χ0) is 16.8. The molecule has 22 heavy (non-hydrogen) atoms. The van der Waals surface area contributed by atoms with Crippen LogP contribution < -0.4 is 15.2 Å². The van der Waals surface area contributed by atoms with E-state index in [1.165, 1.54) is 12.1 Å². The topological polar surface area (TPSA) is 136 Å². The number of urea groups is 1. The molecule has 9 heteroatoms. The number of primary amides is 1. The van der Waals surface area contributed by atoms with Crippen molar-refractivity contribution in [2.45, 2.75) is 25.3 Å². The van der Waals surface area contributed by atoms with Crippen LogP contribution in [0.25, 0.3) is 0 Å². The van der Waals surface area contributed by atoms with E-state index >= 15 is 0 Å². The van der Waals surface area contributed by atoms with Gasteiger partial charge in [-0.2, -0.15) is 8.42 Å². The van der Waals surface area contributed by atoms with Gasteiger partial charge in [-0.05, 0) is 37.0 Å². The van der Waals surface area contributed by atoms with Crippen molar-refractivity contribution >= 4 is 22.1 Å². The fourth-order valence-corrected chi connectivity index (χ4v) is 2.29. The molecule has 0 spiro atoms. The molecule has 0 saturated carbocycles. The second kappa shape index (κ2) is 7.64. The second-order valence-corrected chi connectivity index (χ2v) is 6.30. The molecular weight excluding hydrogens is 312 g/mol. The average Bonchev–Trinajstić information content (AvgIpc) is 2.37. The lowest BCUT2D eigenvalue weighted by Gasteiger charge is -2.12. The molecule has 1 aromatic carbocycles. The van der Waals surface area contributed by atoms with Crippen LogP contribution in [0, 0.1) is 0 Å². The Bertz CT molecular complexity index is 626. The van der Waals surface area contributed by atoms with Gasteiger partial charge in [-0.15, -0.1) is 0 Å². The smallest absolute Gasteiger partial charge is 0.326 e. The van der Waals surface area contributed by atoms with Gasteiger partial charge in [0.05, 0.1) is 6.26 Å². The lowest BCUT2D eigenvalue weighted by atomic mass is 10.0. The minimum atomic E-state index is -3.56. The van der Waals surface area contributed by atoms with E-state index < -0.39 is 28.2 Å². The van der Waals surface area contributed by atoms with E-state index in [9.17, 15) is 18.0 Å². The van der Waals surface area contributed by atoms with Crippen LogP contribution >= 0.6 is 0 Å². The van der Waals surface area contributed by atoms with Crippen molar-refractivity contribution in [2.75, 3.05) is 6.26 Å². The summed E-state index contributed by atoms with van der Waals surface area (Å²) < 4.78 is 26.6. The van der Waals surface area contributed by atoms with Crippen LogP contribution in [-0.2, 0) is 21.3 Å². The second-order valence-electron chi connectivity index (χ2n) is 4.72. The SMILES string of the molecule is CS(=O)(=O)Oc1ccc(CCC[C@@H](NC(N)=O)C(=O)O)cc1. The minimum absolute atomic E-state index is 0.213. The molecule has 2 amide bonds. The Morgan fingerprint density at radius 1 is 1.32 bits per heavy atom. The van der Waals surface area contributed by atoms with Crippen LogP contribution in [-0.4, -0.2) is 37.8 Å². The van der Waals surface area contributed by atoms with Gasteiger partial charge in [0.2, 0.25) is 0 Å². The summed E-state index contributed by atoms with van der Waals surface area (Å²) in [5.41, 5.74) is 5.80. The van der Waals surface area contributed by atoms with Crippen molar-refractivity contribution in [3.05, 3.63) is 29.8 Å². The summed E-state index contributed by atoms with van der Waals surface area (Å²) in [6.45, 7) is 0. The first-order valence-corrected chi connectivity index (χ1v) is 8.26. The molecule has 0 aliphatic carbocycles. The number of nitrogens with one attached hydrogen (secondary N) is 1. The predicted molar refractivity (Wildman–Crippen MR) is 79.0 cm³/mol. The van der Waals surface area contributed by atoms with Gasteiger partial charge in [-0.1, -0.05) is 12.1 Å². The highest BCUT2D eigenvalue weighted by atomic mass is 32.2. The maximum atomic E-state index is 11.0.